The standard InChI is InChI=1S/C17H22N4O/c1-5-21(13-9-7-6-8-10-13)16-18-12-11-14(19-16)15(22)20-17(2,3)4/h6-12H,5H2,1-4H3,(H,20,22). The molecule has 0 spiro atoms. The number of anilines is 2. The molecule has 1 amide bonds. The first-order valence-corrected chi connectivity index (χ1v) is 7.39. The van der Waals surface area contributed by atoms with Crippen LogP contribution in [-0.2, 0) is 0 Å². The lowest BCUT2D eigenvalue weighted by molar-refractivity contribution is 0.0914. The van der Waals surface area contributed by atoms with Crippen LogP contribution < -0.4 is 10.2 Å². The normalized spacial score (nSPS) is 11.1. The number of carbonyl (C=O) groups excluding carboxylic acids is 1. The van der Waals surface area contributed by atoms with Crippen LogP contribution in [0.3, 0.4) is 0 Å². The molecule has 1 aromatic heterocycles. The largest absolute Gasteiger partial charge is 0.346 e. The molecule has 0 aliphatic carbocycles. The van der Waals surface area contributed by atoms with Gasteiger partial charge in [0.1, 0.15) is 5.69 Å². The van der Waals surface area contributed by atoms with Gasteiger partial charge in [-0.05, 0) is 45.9 Å². The Balaban J connectivity index is 2.29. The van der Waals surface area contributed by atoms with E-state index in [0.29, 0.717) is 18.2 Å². The van der Waals surface area contributed by atoms with Crippen LogP contribution in [0.2, 0.25) is 0 Å². The third-order valence-corrected chi connectivity index (χ3v) is 2.99. The van der Waals surface area contributed by atoms with Gasteiger partial charge >= 0.3 is 0 Å². The first-order valence-electron chi connectivity index (χ1n) is 7.39. The van der Waals surface area contributed by atoms with Gasteiger partial charge in [0, 0.05) is 24.0 Å². The van der Waals surface area contributed by atoms with Crippen LogP contribution in [0.1, 0.15) is 38.2 Å². The van der Waals surface area contributed by atoms with Crippen molar-refractivity contribution in [3.8, 4) is 0 Å². The molecule has 0 aliphatic rings. The van der Waals surface area contributed by atoms with E-state index in [1.54, 1.807) is 12.3 Å². The smallest absolute Gasteiger partial charge is 0.270 e. The third kappa shape index (κ3) is 4.04. The molecule has 0 saturated heterocycles. The van der Waals surface area contributed by atoms with Crippen molar-refractivity contribution < 1.29 is 4.79 Å². The molecular weight excluding hydrogens is 276 g/mol. The molecule has 0 aliphatic heterocycles. The van der Waals surface area contributed by atoms with Crippen LogP contribution in [0.15, 0.2) is 42.6 Å². The Morgan fingerprint density at radius 2 is 1.86 bits per heavy atom. The highest BCUT2D eigenvalue weighted by Gasteiger charge is 2.18. The molecule has 116 valence electrons. The number of nitrogens with one attached hydrogen (secondary N) is 1. The average molecular weight is 298 g/mol. The minimum Gasteiger partial charge on any atom is -0.346 e. The number of carbonyl (C=O) groups is 1. The van der Waals surface area contributed by atoms with Gasteiger partial charge in [-0.15, -0.1) is 0 Å². The third-order valence-electron chi connectivity index (χ3n) is 2.99. The Morgan fingerprint density at radius 1 is 1.18 bits per heavy atom. The number of para-hydroxylation sites is 1. The summed E-state index contributed by atoms with van der Waals surface area (Å²) in [6.45, 7) is 8.56. The molecular formula is C17H22N4O. The molecule has 1 heterocycles. The van der Waals surface area contributed by atoms with Crippen molar-refractivity contribution in [2.45, 2.75) is 33.2 Å². The van der Waals surface area contributed by atoms with E-state index in [2.05, 4.69) is 15.3 Å². The summed E-state index contributed by atoms with van der Waals surface area (Å²) in [7, 11) is 0. The second-order valence-corrected chi connectivity index (χ2v) is 6.03. The molecule has 0 saturated carbocycles. The summed E-state index contributed by atoms with van der Waals surface area (Å²) in [6, 6.07) is 11.5. The molecule has 1 aromatic carbocycles. The number of nitrogens with zero attached hydrogens (tertiary/aromatic N) is 3. The molecule has 2 rings (SSSR count). The lowest BCUT2D eigenvalue weighted by atomic mass is 10.1. The fourth-order valence-corrected chi connectivity index (χ4v) is 2.06. The van der Waals surface area contributed by atoms with Gasteiger partial charge in [0.05, 0.1) is 0 Å². The van der Waals surface area contributed by atoms with Crippen molar-refractivity contribution >= 4 is 17.5 Å². The summed E-state index contributed by atoms with van der Waals surface area (Å²) >= 11 is 0. The Kier molecular flexibility index (Phi) is 4.75. The summed E-state index contributed by atoms with van der Waals surface area (Å²) in [5.74, 6) is 0.329. The molecule has 0 bridgehead atoms. The van der Waals surface area contributed by atoms with Crippen molar-refractivity contribution in [3.63, 3.8) is 0 Å². The van der Waals surface area contributed by atoms with Crippen LogP contribution in [0, 0.1) is 0 Å². The van der Waals surface area contributed by atoms with Gasteiger partial charge in [0.2, 0.25) is 5.95 Å². The van der Waals surface area contributed by atoms with Gasteiger partial charge in [-0.3, -0.25) is 4.79 Å². The Bertz CT molecular complexity index is 635. The van der Waals surface area contributed by atoms with Gasteiger partial charge in [0.25, 0.3) is 5.91 Å². The summed E-state index contributed by atoms with van der Waals surface area (Å²) in [4.78, 5) is 22.9. The summed E-state index contributed by atoms with van der Waals surface area (Å²) in [5.41, 5.74) is 1.07. The van der Waals surface area contributed by atoms with Crippen LogP contribution in [-0.4, -0.2) is 28.0 Å². The maximum atomic E-state index is 12.2. The highest BCUT2D eigenvalue weighted by molar-refractivity contribution is 5.93. The van der Waals surface area contributed by atoms with Gasteiger partial charge in [-0.25, -0.2) is 9.97 Å². The SMILES string of the molecule is CCN(c1ccccc1)c1nccc(C(=O)NC(C)(C)C)n1. The molecule has 5 heteroatoms. The molecule has 5 nitrogen and oxygen atoms in total. The molecule has 0 atom stereocenters. The van der Waals surface area contributed by atoms with Crippen molar-refractivity contribution in [1.82, 2.24) is 15.3 Å². The van der Waals surface area contributed by atoms with Crippen LogP contribution in [0.25, 0.3) is 0 Å². The van der Waals surface area contributed by atoms with Crippen molar-refractivity contribution in [2.75, 3.05) is 11.4 Å². The maximum absolute atomic E-state index is 12.2. The van der Waals surface area contributed by atoms with Crippen molar-refractivity contribution in [2.24, 2.45) is 0 Å². The second kappa shape index (κ2) is 6.56. The monoisotopic (exact) mass is 298 g/mol. The Hall–Kier alpha value is -2.43. The number of rotatable bonds is 4. The predicted octanol–water partition coefficient (Wildman–Crippen LogP) is 3.16. The molecule has 0 unspecified atom stereocenters. The van der Waals surface area contributed by atoms with Gasteiger partial charge in [0.15, 0.2) is 0 Å². The highest BCUT2D eigenvalue weighted by Crippen LogP contribution is 2.21. The van der Waals surface area contributed by atoms with E-state index in [0.717, 1.165) is 5.69 Å². The predicted molar refractivity (Wildman–Crippen MR) is 88.4 cm³/mol. The Morgan fingerprint density at radius 3 is 2.45 bits per heavy atom. The summed E-state index contributed by atoms with van der Waals surface area (Å²) in [6.07, 6.45) is 1.62. The van der Waals surface area contributed by atoms with E-state index >= 15 is 0 Å². The molecule has 0 radical (unpaired) electrons. The van der Waals surface area contributed by atoms with Gasteiger partial charge < -0.3 is 10.2 Å². The minimum atomic E-state index is -0.300. The van der Waals surface area contributed by atoms with Crippen LogP contribution >= 0.6 is 0 Å². The van der Waals surface area contributed by atoms with E-state index in [9.17, 15) is 4.79 Å². The molecule has 1 N–H and O–H groups in total. The topological polar surface area (TPSA) is 58.1 Å². The summed E-state index contributed by atoms with van der Waals surface area (Å²) in [5, 5.41) is 2.91. The number of benzene rings is 1. The van der Waals surface area contributed by atoms with E-state index in [1.807, 2.05) is 62.9 Å². The maximum Gasteiger partial charge on any atom is 0.270 e. The zero-order valence-electron chi connectivity index (χ0n) is 13.5. The van der Waals surface area contributed by atoms with Crippen LogP contribution in [0.5, 0.6) is 0 Å². The fourth-order valence-electron chi connectivity index (χ4n) is 2.06. The van der Waals surface area contributed by atoms with Crippen LogP contribution in [0.4, 0.5) is 11.6 Å². The molecule has 0 fully saturated rings. The first kappa shape index (κ1) is 15.9. The zero-order valence-corrected chi connectivity index (χ0v) is 13.5. The zero-order chi connectivity index (χ0) is 16.2. The Labute approximate surface area is 131 Å². The summed E-state index contributed by atoms with van der Waals surface area (Å²) < 4.78 is 0. The lowest BCUT2D eigenvalue weighted by Gasteiger charge is -2.22. The molecule has 22 heavy (non-hydrogen) atoms. The fraction of sp³-hybridized carbons (Fsp3) is 0.353. The highest BCUT2D eigenvalue weighted by atomic mass is 16.2. The van der Waals surface area contributed by atoms with Crippen molar-refractivity contribution in [3.05, 3.63) is 48.3 Å². The quantitative estimate of drug-likeness (QED) is 0.942. The first-order chi connectivity index (χ1) is 10.4. The number of aromatic nitrogens is 2. The molecule has 2 aromatic rings. The number of hydrogen-bond acceptors (Lipinski definition) is 4. The number of hydrogen-bond donors (Lipinski definition) is 1. The van der Waals surface area contributed by atoms with Gasteiger partial charge in [-0.1, -0.05) is 18.2 Å². The lowest BCUT2D eigenvalue weighted by Crippen LogP contribution is -2.41. The van der Waals surface area contributed by atoms with E-state index in [4.69, 9.17) is 0 Å². The van der Waals surface area contributed by atoms with E-state index in [-0.39, 0.29) is 11.4 Å². The van der Waals surface area contributed by atoms with Crippen molar-refractivity contribution in [1.29, 1.82) is 0 Å². The average Bonchev–Trinajstić information content (AvgIpc) is 2.48. The van der Waals surface area contributed by atoms with E-state index in [1.165, 1.54) is 0 Å². The van der Waals surface area contributed by atoms with E-state index < -0.39 is 0 Å². The second-order valence-electron chi connectivity index (χ2n) is 6.03. The number of amides is 1. The van der Waals surface area contributed by atoms with Gasteiger partial charge in [-0.2, -0.15) is 0 Å². The minimum absolute atomic E-state index is 0.194.